The zero-order valence-electron chi connectivity index (χ0n) is 25.7. The SMILES string of the molecule is Cc1cc(Oc2c(C(F)(F)F)oc3c(CN(CC(C)C)CC(C)C)c(OC(=O)C=Cc4ccccc4)ccc3c2=O)ccc1Cl. The normalized spacial score (nSPS) is 12.2. The first-order valence-corrected chi connectivity index (χ1v) is 14.9. The van der Waals surface area contributed by atoms with Crippen LogP contribution in [0.3, 0.4) is 0 Å². The lowest BCUT2D eigenvalue weighted by molar-refractivity contribution is -0.154. The molecule has 0 aliphatic carbocycles. The molecular weight excluding hydrogens is 607 g/mol. The van der Waals surface area contributed by atoms with Gasteiger partial charge in [0.1, 0.15) is 17.1 Å². The predicted octanol–water partition coefficient (Wildman–Crippen LogP) is 9.30. The van der Waals surface area contributed by atoms with Crippen LogP contribution >= 0.6 is 11.6 Å². The Kier molecular flexibility index (Phi) is 10.8. The molecule has 0 aliphatic heterocycles. The van der Waals surface area contributed by atoms with Gasteiger partial charge in [-0.25, -0.2) is 4.79 Å². The average Bonchev–Trinajstić information content (AvgIpc) is 2.95. The Balaban J connectivity index is 1.88. The summed E-state index contributed by atoms with van der Waals surface area (Å²) >= 11 is 6.06. The van der Waals surface area contributed by atoms with Crippen LogP contribution in [0.15, 0.2) is 76.0 Å². The van der Waals surface area contributed by atoms with Gasteiger partial charge in [0.05, 0.1) is 10.9 Å². The summed E-state index contributed by atoms with van der Waals surface area (Å²) in [7, 11) is 0. The molecule has 238 valence electrons. The minimum Gasteiger partial charge on any atom is -0.449 e. The van der Waals surface area contributed by atoms with Gasteiger partial charge in [-0.15, -0.1) is 0 Å². The number of hydrogen-bond acceptors (Lipinski definition) is 6. The molecule has 0 saturated heterocycles. The van der Waals surface area contributed by atoms with Gasteiger partial charge < -0.3 is 13.9 Å². The number of carbonyl (C=O) groups is 1. The van der Waals surface area contributed by atoms with E-state index >= 15 is 0 Å². The van der Waals surface area contributed by atoms with Crippen LogP contribution in [0.2, 0.25) is 5.02 Å². The lowest BCUT2D eigenvalue weighted by Gasteiger charge is -2.27. The number of hydrogen-bond donors (Lipinski definition) is 0. The van der Waals surface area contributed by atoms with Gasteiger partial charge in [-0.3, -0.25) is 9.69 Å². The molecule has 10 heteroatoms. The van der Waals surface area contributed by atoms with E-state index in [9.17, 15) is 22.8 Å². The van der Waals surface area contributed by atoms with Crippen LogP contribution in [-0.4, -0.2) is 24.0 Å². The van der Waals surface area contributed by atoms with Crippen molar-refractivity contribution in [2.24, 2.45) is 11.8 Å². The predicted molar refractivity (Wildman–Crippen MR) is 170 cm³/mol. The van der Waals surface area contributed by atoms with E-state index < -0.39 is 29.1 Å². The minimum atomic E-state index is -5.08. The van der Waals surface area contributed by atoms with Gasteiger partial charge in [0.15, 0.2) is 0 Å². The quantitative estimate of drug-likeness (QED) is 0.0924. The van der Waals surface area contributed by atoms with Crippen LogP contribution in [0.25, 0.3) is 17.0 Å². The highest BCUT2D eigenvalue weighted by molar-refractivity contribution is 6.31. The highest BCUT2D eigenvalue weighted by Gasteiger charge is 2.41. The lowest BCUT2D eigenvalue weighted by Crippen LogP contribution is -2.31. The number of halogens is 4. The van der Waals surface area contributed by atoms with Crippen molar-refractivity contribution in [3.8, 4) is 17.2 Å². The Morgan fingerprint density at radius 3 is 2.27 bits per heavy atom. The molecular formula is C35H35ClF3NO5. The second-order valence-corrected chi connectivity index (χ2v) is 12.1. The van der Waals surface area contributed by atoms with Gasteiger partial charge >= 0.3 is 12.1 Å². The fourth-order valence-electron chi connectivity index (χ4n) is 4.93. The third kappa shape index (κ3) is 8.77. The van der Waals surface area contributed by atoms with Gasteiger partial charge in [-0.05, 0) is 66.3 Å². The highest BCUT2D eigenvalue weighted by atomic mass is 35.5. The summed E-state index contributed by atoms with van der Waals surface area (Å²) in [6.07, 6.45) is -2.29. The van der Waals surface area contributed by atoms with Crippen molar-refractivity contribution in [3.05, 3.63) is 104 Å². The van der Waals surface area contributed by atoms with E-state index in [1.165, 1.54) is 36.4 Å². The molecule has 0 spiro atoms. The summed E-state index contributed by atoms with van der Waals surface area (Å²) in [6, 6.07) is 16.0. The van der Waals surface area contributed by atoms with Gasteiger partial charge in [0, 0.05) is 30.7 Å². The largest absolute Gasteiger partial charge is 0.453 e. The highest BCUT2D eigenvalue weighted by Crippen LogP contribution is 2.40. The van der Waals surface area contributed by atoms with E-state index in [1.54, 1.807) is 25.1 Å². The summed E-state index contributed by atoms with van der Waals surface area (Å²) < 4.78 is 60.1. The Bertz CT molecular complexity index is 1740. The number of aryl methyl sites for hydroxylation is 1. The molecule has 1 heterocycles. The van der Waals surface area contributed by atoms with Crippen molar-refractivity contribution < 1.29 is 31.9 Å². The van der Waals surface area contributed by atoms with E-state index in [0.29, 0.717) is 23.7 Å². The van der Waals surface area contributed by atoms with Gasteiger partial charge in [0.25, 0.3) is 5.76 Å². The monoisotopic (exact) mass is 641 g/mol. The number of nitrogens with zero attached hydrogens (tertiary/aromatic N) is 1. The average molecular weight is 642 g/mol. The van der Waals surface area contributed by atoms with Crippen molar-refractivity contribution >= 4 is 34.6 Å². The topological polar surface area (TPSA) is 69.0 Å². The molecule has 0 amide bonds. The molecule has 0 atom stereocenters. The number of fused-ring (bicyclic) bond motifs is 1. The number of ether oxygens (including phenoxy) is 2. The molecule has 0 unspecified atom stereocenters. The van der Waals surface area contributed by atoms with Crippen LogP contribution in [0.5, 0.6) is 17.2 Å². The van der Waals surface area contributed by atoms with Crippen LogP contribution in [0.4, 0.5) is 13.2 Å². The molecule has 6 nitrogen and oxygen atoms in total. The molecule has 0 aliphatic rings. The van der Waals surface area contributed by atoms with E-state index in [-0.39, 0.29) is 46.4 Å². The Hall–Kier alpha value is -4.08. The third-order valence-electron chi connectivity index (χ3n) is 6.74. The van der Waals surface area contributed by atoms with Crippen molar-refractivity contribution in [2.45, 2.75) is 47.3 Å². The van der Waals surface area contributed by atoms with E-state index in [2.05, 4.69) is 0 Å². The summed E-state index contributed by atoms with van der Waals surface area (Å²) in [5, 5.41) is 0.244. The summed E-state index contributed by atoms with van der Waals surface area (Å²) in [4.78, 5) is 28.6. The molecule has 0 radical (unpaired) electrons. The fraction of sp³-hybridized carbons (Fsp3) is 0.314. The first kappa shape index (κ1) is 33.8. The molecule has 4 rings (SSSR count). The van der Waals surface area contributed by atoms with Gasteiger partial charge in [0.2, 0.25) is 11.2 Å². The number of esters is 1. The second kappa shape index (κ2) is 14.3. The number of carbonyl (C=O) groups excluding carboxylic acids is 1. The molecule has 4 aromatic rings. The molecule has 1 aromatic heterocycles. The summed E-state index contributed by atoms with van der Waals surface area (Å²) in [5.74, 6) is -2.92. The standard InChI is InChI=1S/C35H35ClF3NO5/c1-21(2)18-40(19-22(3)4)20-27-29(44-30(41)16-11-24-9-7-6-8-10-24)15-13-26-31(42)33(34(35(37,38)39)45-32(26)27)43-25-12-14-28(36)23(5)17-25/h6-17,21-22H,18-20H2,1-5H3. The van der Waals surface area contributed by atoms with Crippen molar-refractivity contribution in [1.29, 1.82) is 0 Å². The van der Waals surface area contributed by atoms with E-state index in [1.807, 2.05) is 50.8 Å². The van der Waals surface area contributed by atoms with Crippen LogP contribution in [0.1, 0.15) is 50.1 Å². The zero-order chi connectivity index (χ0) is 32.9. The van der Waals surface area contributed by atoms with Crippen molar-refractivity contribution in [3.63, 3.8) is 0 Å². The maximum Gasteiger partial charge on any atom is 0.453 e. The minimum absolute atomic E-state index is 0.00920. The first-order valence-electron chi connectivity index (χ1n) is 14.5. The van der Waals surface area contributed by atoms with Crippen LogP contribution in [0, 0.1) is 18.8 Å². The number of benzene rings is 3. The van der Waals surface area contributed by atoms with Crippen molar-refractivity contribution in [2.75, 3.05) is 13.1 Å². The summed E-state index contributed by atoms with van der Waals surface area (Å²) in [6.45, 7) is 11.0. The Morgan fingerprint density at radius 2 is 1.67 bits per heavy atom. The maximum atomic E-state index is 14.5. The van der Waals surface area contributed by atoms with Crippen molar-refractivity contribution in [1.82, 2.24) is 4.90 Å². The summed E-state index contributed by atoms with van der Waals surface area (Å²) in [5.41, 5.74) is 0.114. The molecule has 0 fully saturated rings. The van der Waals surface area contributed by atoms with E-state index in [4.69, 9.17) is 25.5 Å². The first-order chi connectivity index (χ1) is 21.2. The number of alkyl halides is 3. The Morgan fingerprint density at radius 1 is 1.00 bits per heavy atom. The fourth-order valence-corrected chi connectivity index (χ4v) is 5.05. The molecule has 45 heavy (non-hydrogen) atoms. The van der Waals surface area contributed by atoms with Crippen LogP contribution in [-0.2, 0) is 17.5 Å². The van der Waals surface area contributed by atoms with Gasteiger partial charge in [-0.1, -0.05) is 69.6 Å². The lowest BCUT2D eigenvalue weighted by atomic mass is 10.1. The second-order valence-electron chi connectivity index (χ2n) is 11.7. The van der Waals surface area contributed by atoms with Gasteiger partial charge in [-0.2, -0.15) is 13.2 Å². The smallest absolute Gasteiger partial charge is 0.449 e. The Labute approximate surface area is 265 Å². The molecule has 3 aromatic carbocycles. The molecule has 0 bridgehead atoms. The number of rotatable bonds is 11. The van der Waals surface area contributed by atoms with Crippen LogP contribution < -0.4 is 14.9 Å². The zero-order valence-corrected chi connectivity index (χ0v) is 26.5. The van der Waals surface area contributed by atoms with E-state index in [0.717, 1.165) is 5.56 Å². The third-order valence-corrected chi connectivity index (χ3v) is 7.16. The molecule has 0 saturated carbocycles. The maximum absolute atomic E-state index is 14.5. The molecule has 0 N–H and O–H groups in total.